The summed E-state index contributed by atoms with van der Waals surface area (Å²) < 4.78 is 0. The molecule has 6 aromatic carbocycles. The molecule has 0 amide bonds. The van der Waals surface area contributed by atoms with Crippen molar-refractivity contribution in [2.45, 2.75) is 13.8 Å². The van der Waals surface area contributed by atoms with Crippen LogP contribution in [0.15, 0.2) is 109 Å². The number of aryl methyl sites for hydroxylation is 2. The van der Waals surface area contributed by atoms with Crippen molar-refractivity contribution in [3.05, 3.63) is 120 Å². The molecule has 0 N–H and O–H groups in total. The van der Waals surface area contributed by atoms with Crippen LogP contribution in [0.5, 0.6) is 0 Å². The molecule has 0 spiro atoms. The zero-order chi connectivity index (χ0) is 21.7. The molecule has 0 aliphatic rings. The fraction of sp³-hybridized carbons (Fsp3) is 0.0625. The highest BCUT2D eigenvalue weighted by Crippen LogP contribution is 2.41. The van der Waals surface area contributed by atoms with Crippen molar-refractivity contribution in [1.82, 2.24) is 0 Å². The molecule has 32 heavy (non-hydrogen) atoms. The highest BCUT2D eigenvalue weighted by Gasteiger charge is 2.14. The second-order valence-electron chi connectivity index (χ2n) is 8.77. The van der Waals surface area contributed by atoms with Crippen LogP contribution < -0.4 is 0 Å². The third-order valence-electron chi connectivity index (χ3n) is 6.74. The molecule has 0 nitrogen and oxygen atoms in total. The van der Waals surface area contributed by atoms with Crippen molar-refractivity contribution in [1.29, 1.82) is 0 Å². The Labute approximate surface area is 188 Å². The molecule has 0 fully saturated rings. The first-order valence-electron chi connectivity index (χ1n) is 11.2. The predicted octanol–water partition coefficient (Wildman–Crippen LogP) is 9.10. The van der Waals surface area contributed by atoms with Crippen molar-refractivity contribution in [3.63, 3.8) is 0 Å². The van der Waals surface area contributed by atoms with E-state index in [0.29, 0.717) is 0 Å². The summed E-state index contributed by atoms with van der Waals surface area (Å²) in [6.07, 6.45) is 0. The van der Waals surface area contributed by atoms with Crippen LogP contribution in [0, 0.1) is 13.8 Å². The molecule has 0 unspecified atom stereocenters. The maximum absolute atomic E-state index is 2.36. The maximum atomic E-state index is 2.36. The lowest BCUT2D eigenvalue weighted by atomic mass is 9.87. The smallest absolute Gasteiger partial charge is 0.00264 e. The first kappa shape index (κ1) is 18.8. The summed E-state index contributed by atoms with van der Waals surface area (Å²) in [6.45, 7) is 4.37. The monoisotopic (exact) mass is 408 g/mol. The molecule has 0 heterocycles. The van der Waals surface area contributed by atoms with Gasteiger partial charge in [-0.15, -0.1) is 0 Å². The van der Waals surface area contributed by atoms with E-state index in [1.165, 1.54) is 65.7 Å². The van der Waals surface area contributed by atoms with Crippen LogP contribution in [0.3, 0.4) is 0 Å². The van der Waals surface area contributed by atoms with Crippen LogP contribution in [0.4, 0.5) is 0 Å². The van der Waals surface area contributed by atoms with Gasteiger partial charge in [0.25, 0.3) is 0 Å². The van der Waals surface area contributed by atoms with E-state index in [1.54, 1.807) is 0 Å². The summed E-state index contributed by atoms with van der Waals surface area (Å²) in [5.74, 6) is 0. The fourth-order valence-corrected chi connectivity index (χ4v) is 4.82. The molecule has 6 rings (SSSR count). The Hall–Kier alpha value is -3.90. The van der Waals surface area contributed by atoms with Crippen LogP contribution in [-0.2, 0) is 0 Å². The number of rotatable bonds is 2. The second-order valence-corrected chi connectivity index (χ2v) is 8.77. The minimum atomic E-state index is 1.26. The van der Waals surface area contributed by atoms with Crippen molar-refractivity contribution >= 4 is 32.3 Å². The van der Waals surface area contributed by atoms with Gasteiger partial charge in [-0.25, -0.2) is 0 Å². The summed E-state index contributed by atoms with van der Waals surface area (Å²) in [6, 6.07) is 40.2. The first-order chi connectivity index (χ1) is 15.7. The Bertz CT molecular complexity index is 1640. The SMILES string of the molecule is Cc1ccc(-c2ccc3cc4ccccc4cc3c2-c2ccc3ccccc3c2)cc1C. The standard InChI is InChI=1S/C32H24/c1-21-11-12-27(17-22(21)2)30-16-15-28-18-25-9-5-6-10-26(25)20-31(28)32(30)29-14-13-23-7-3-4-8-24(23)19-29/h3-20H,1-2H3. The summed E-state index contributed by atoms with van der Waals surface area (Å²) in [5.41, 5.74) is 7.77. The quantitative estimate of drug-likeness (QED) is 0.251. The van der Waals surface area contributed by atoms with Crippen molar-refractivity contribution in [3.8, 4) is 22.3 Å². The molecule has 0 aliphatic heterocycles. The largest absolute Gasteiger partial charge is 0.0616 e. The Morgan fingerprint density at radius 2 is 1.03 bits per heavy atom. The summed E-state index contributed by atoms with van der Waals surface area (Å²) in [7, 11) is 0. The van der Waals surface area contributed by atoms with E-state index in [0.717, 1.165) is 0 Å². The van der Waals surface area contributed by atoms with E-state index in [9.17, 15) is 0 Å². The van der Waals surface area contributed by atoms with E-state index in [2.05, 4.69) is 123 Å². The third-order valence-corrected chi connectivity index (χ3v) is 6.74. The van der Waals surface area contributed by atoms with Gasteiger partial charge in [-0.3, -0.25) is 0 Å². The zero-order valence-electron chi connectivity index (χ0n) is 18.4. The second kappa shape index (κ2) is 7.35. The summed E-state index contributed by atoms with van der Waals surface area (Å²) in [5, 5.41) is 7.68. The molecule has 6 aromatic rings. The van der Waals surface area contributed by atoms with Gasteiger partial charge < -0.3 is 0 Å². The number of hydrogen-bond acceptors (Lipinski definition) is 0. The Morgan fingerprint density at radius 3 is 1.78 bits per heavy atom. The normalized spacial score (nSPS) is 11.4. The first-order valence-corrected chi connectivity index (χ1v) is 11.2. The minimum absolute atomic E-state index is 1.26. The van der Waals surface area contributed by atoms with Gasteiger partial charge in [0.2, 0.25) is 0 Å². The molecule has 0 radical (unpaired) electrons. The Balaban J connectivity index is 1.72. The van der Waals surface area contributed by atoms with Gasteiger partial charge in [0, 0.05) is 0 Å². The number of hydrogen-bond donors (Lipinski definition) is 0. The molecular weight excluding hydrogens is 384 g/mol. The molecular formula is C32H24. The van der Waals surface area contributed by atoms with Gasteiger partial charge in [-0.1, -0.05) is 91.0 Å². The van der Waals surface area contributed by atoms with Crippen LogP contribution >= 0.6 is 0 Å². The molecule has 0 bridgehead atoms. The van der Waals surface area contributed by atoms with Gasteiger partial charge >= 0.3 is 0 Å². The molecule has 0 atom stereocenters. The summed E-state index contributed by atoms with van der Waals surface area (Å²) >= 11 is 0. The predicted molar refractivity (Wildman–Crippen MR) is 139 cm³/mol. The highest BCUT2D eigenvalue weighted by atomic mass is 14.2. The lowest BCUT2D eigenvalue weighted by Crippen LogP contribution is -1.90. The average Bonchev–Trinajstić information content (AvgIpc) is 2.83. The summed E-state index contributed by atoms with van der Waals surface area (Å²) in [4.78, 5) is 0. The molecule has 0 saturated carbocycles. The van der Waals surface area contributed by atoms with Crippen LogP contribution in [0.2, 0.25) is 0 Å². The maximum Gasteiger partial charge on any atom is -0.00264 e. The molecule has 152 valence electrons. The van der Waals surface area contributed by atoms with Crippen LogP contribution in [-0.4, -0.2) is 0 Å². The highest BCUT2D eigenvalue weighted by molar-refractivity contribution is 6.10. The van der Waals surface area contributed by atoms with Crippen molar-refractivity contribution < 1.29 is 0 Å². The molecule has 0 aromatic heterocycles. The molecule has 0 aliphatic carbocycles. The van der Waals surface area contributed by atoms with Crippen LogP contribution in [0.1, 0.15) is 11.1 Å². The topological polar surface area (TPSA) is 0 Å². The van der Waals surface area contributed by atoms with Gasteiger partial charge in [-0.05, 0) is 97.7 Å². The lowest BCUT2D eigenvalue weighted by Gasteiger charge is -2.16. The average molecular weight is 409 g/mol. The fourth-order valence-electron chi connectivity index (χ4n) is 4.82. The zero-order valence-corrected chi connectivity index (χ0v) is 18.4. The van der Waals surface area contributed by atoms with E-state index in [1.807, 2.05) is 0 Å². The van der Waals surface area contributed by atoms with Crippen molar-refractivity contribution in [2.24, 2.45) is 0 Å². The Morgan fingerprint density at radius 1 is 0.406 bits per heavy atom. The molecule has 0 heteroatoms. The van der Waals surface area contributed by atoms with E-state index in [4.69, 9.17) is 0 Å². The minimum Gasteiger partial charge on any atom is -0.0616 e. The lowest BCUT2D eigenvalue weighted by molar-refractivity contribution is 1.34. The number of fused-ring (bicyclic) bond motifs is 3. The van der Waals surface area contributed by atoms with E-state index < -0.39 is 0 Å². The van der Waals surface area contributed by atoms with Gasteiger partial charge in [0.1, 0.15) is 0 Å². The molecule has 0 saturated heterocycles. The van der Waals surface area contributed by atoms with Gasteiger partial charge in [-0.2, -0.15) is 0 Å². The Kier molecular flexibility index (Phi) is 4.33. The van der Waals surface area contributed by atoms with E-state index >= 15 is 0 Å². The number of benzene rings is 6. The van der Waals surface area contributed by atoms with Crippen molar-refractivity contribution in [2.75, 3.05) is 0 Å². The van der Waals surface area contributed by atoms with Gasteiger partial charge in [0.05, 0.1) is 0 Å². The van der Waals surface area contributed by atoms with Crippen LogP contribution in [0.25, 0.3) is 54.6 Å². The van der Waals surface area contributed by atoms with Gasteiger partial charge in [0.15, 0.2) is 0 Å². The third kappa shape index (κ3) is 3.08. The van der Waals surface area contributed by atoms with E-state index in [-0.39, 0.29) is 0 Å².